The normalized spacial score (nSPS) is 16.3. The molecule has 8 heteroatoms. The summed E-state index contributed by atoms with van der Waals surface area (Å²) in [5.74, 6) is 2.06. The number of fused-ring (bicyclic) bond motifs is 1. The lowest BCUT2D eigenvalue weighted by molar-refractivity contribution is 0.121. The number of aromatic nitrogens is 2. The lowest BCUT2D eigenvalue weighted by atomic mass is 10.0. The number of ether oxygens (including phenoxy) is 3. The molecule has 0 spiro atoms. The zero-order chi connectivity index (χ0) is 21.4. The van der Waals surface area contributed by atoms with Gasteiger partial charge in [0.2, 0.25) is 0 Å². The van der Waals surface area contributed by atoms with Crippen molar-refractivity contribution >= 4 is 39.8 Å². The van der Waals surface area contributed by atoms with Crippen molar-refractivity contribution in [2.45, 2.75) is 19.4 Å². The number of rotatable bonds is 5. The van der Waals surface area contributed by atoms with Crippen LogP contribution in [0.1, 0.15) is 12.0 Å². The van der Waals surface area contributed by atoms with Gasteiger partial charge in [0.05, 0.1) is 31.0 Å². The molecule has 6 nitrogen and oxygen atoms in total. The van der Waals surface area contributed by atoms with E-state index in [-0.39, 0.29) is 6.10 Å². The Bertz CT molecular complexity index is 1080. The highest BCUT2D eigenvalue weighted by atomic mass is 35.5. The summed E-state index contributed by atoms with van der Waals surface area (Å²) in [6.07, 6.45) is 2.87. The summed E-state index contributed by atoms with van der Waals surface area (Å²) in [5, 5.41) is 2.79. The molecule has 158 valence electrons. The smallest absolute Gasteiger partial charge is 0.141 e. The molecule has 3 aromatic rings. The molecule has 1 atom stereocenters. The largest absolute Gasteiger partial charge is 0.496 e. The summed E-state index contributed by atoms with van der Waals surface area (Å²) in [4.78, 5) is 11.5. The predicted octanol–water partition coefficient (Wildman–Crippen LogP) is 5.15. The first-order valence-electron chi connectivity index (χ1n) is 9.62. The maximum Gasteiger partial charge on any atom is 0.141 e. The summed E-state index contributed by atoms with van der Waals surface area (Å²) in [5.41, 5.74) is 2.38. The highest BCUT2D eigenvalue weighted by molar-refractivity contribution is 6.35. The van der Waals surface area contributed by atoms with E-state index in [0.717, 1.165) is 52.9 Å². The fourth-order valence-corrected chi connectivity index (χ4v) is 4.48. The number of halogens is 2. The Morgan fingerprint density at radius 1 is 1.07 bits per heavy atom. The zero-order valence-electron chi connectivity index (χ0n) is 17.3. The third-order valence-corrected chi connectivity index (χ3v) is 6.16. The first-order valence-corrected chi connectivity index (χ1v) is 10.4. The molecule has 0 N–H and O–H groups in total. The van der Waals surface area contributed by atoms with Gasteiger partial charge < -0.3 is 19.1 Å². The van der Waals surface area contributed by atoms with Crippen LogP contribution in [0.5, 0.6) is 11.5 Å². The van der Waals surface area contributed by atoms with Gasteiger partial charge in [-0.15, -0.1) is 0 Å². The van der Waals surface area contributed by atoms with E-state index in [4.69, 9.17) is 42.4 Å². The van der Waals surface area contributed by atoms with Crippen LogP contribution in [-0.4, -0.2) is 50.5 Å². The maximum atomic E-state index is 6.72. The molecule has 0 bridgehead atoms. The number of hydrogen-bond donors (Lipinski definition) is 0. The van der Waals surface area contributed by atoms with E-state index in [2.05, 4.69) is 9.88 Å². The van der Waals surface area contributed by atoms with Crippen molar-refractivity contribution in [3.05, 3.63) is 40.1 Å². The van der Waals surface area contributed by atoms with Gasteiger partial charge >= 0.3 is 0 Å². The SMILES string of the molecule is COc1cc(OC)c(Cl)c(-c2cc3cnc(Cl)cc3c(N3CCC(OC)C3)n2)c1C. The van der Waals surface area contributed by atoms with Gasteiger partial charge in [-0.05, 0) is 25.5 Å². The van der Waals surface area contributed by atoms with E-state index in [1.807, 2.05) is 19.1 Å². The van der Waals surface area contributed by atoms with E-state index in [0.29, 0.717) is 21.7 Å². The van der Waals surface area contributed by atoms with E-state index < -0.39 is 0 Å². The highest BCUT2D eigenvalue weighted by Crippen LogP contribution is 2.44. The lowest BCUT2D eigenvalue weighted by Crippen LogP contribution is -2.23. The van der Waals surface area contributed by atoms with Crippen LogP contribution in [0.25, 0.3) is 22.0 Å². The Kier molecular flexibility index (Phi) is 5.91. The minimum absolute atomic E-state index is 0.171. The summed E-state index contributed by atoms with van der Waals surface area (Å²) in [7, 11) is 4.95. The molecule has 0 amide bonds. The molecule has 0 saturated carbocycles. The van der Waals surface area contributed by atoms with Gasteiger partial charge in [-0.3, -0.25) is 0 Å². The first-order chi connectivity index (χ1) is 14.5. The van der Waals surface area contributed by atoms with Gasteiger partial charge in [0.15, 0.2) is 0 Å². The number of hydrogen-bond acceptors (Lipinski definition) is 6. The fourth-order valence-electron chi connectivity index (χ4n) is 3.95. The number of nitrogens with zero attached hydrogens (tertiary/aromatic N) is 3. The molecule has 3 heterocycles. The zero-order valence-corrected chi connectivity index (χ0v) is 18.8. The number of methoxy groups -OCH3 is 3. The Morgan fingerprint density at radius 3 is 2.50 bits per heavy atom. The molecule has 0 radical (unpaired) electrons. The first kappa shape index (κ1) is 21.0. The molecule has 0 aliphatic carbocycles. The molecule has 4 rings (SSSR count). The number of pyridine rings is 2. The van der Waals surface area contributed by atoms with E-state index in [1.165, 1.54) is 0 Å². The second-order valence-electron chi connectivity index (χ2n) is 7.25. The fraction of sp³-hybridized carbons (Fsp3) is 0.364. The number of benzene rings is 1. The molecule has 1 unspecified atom stereocenters. The monoisotopic (exact) mass is 447 g/mol. The van der Waals surface area contributed by atoms with E-state index >= 15 is 0 Å². The summed E-state index contributed by atoms with van der Waals surface area (Å²) >= 11 is 12.9. The standard InChI is InChI=1S/C22H23Cl2N3O3/c1-12-17(29-3)9-18(30-4)21(24)20(12)16-7-13-10-25-19(23)8-15(13)22(26-16)27-6-5-14(11-27)28-2/h7-10,14H,5-6,11H2,1-4H3. The predicted molar refractivity (Wildman–Crippen MR) is 120 cm³/mol. The van der Waals surface area contributed by atoms with Gasteiger partial charge in [-0.2, -0.15) is 0 Å². The highest BCUT2D eigenvalue weighted by Gasteiger charge is 2.26. The van der Waals surface area contributed by atoms with Crippen molar-refractivity contribution in [2.75, 3.05) is 39.3 Å². The number of anilines is 1. The Hall–Kier alpha value is -2.28. The van der Waals surface area contributed by atoms with Crippen molar-refractivity contribution in [1.29, 1.82) is 0 Å². The summed E-state index contributed by atoms with van der Waals surface area (Å²) in [6.45, 7) is 3.57. The molecule has 1 aliphatic heterocycles. The van der Waals surface area contributed by atoms with Crippen LogP contribution in [0, 0.1) is 6.92 Å². The molecule has 1 aromatic carbocycles. The maximum absolute atomic E-state index is 6.72. The minimum atomic E-state index is 0.171. The van der Waals surface area contributed by atoms with Crippen molar-refractivity contribution in [1.82, 2.24) is 9.97 Å². The van der Waals surface area contributed by atoms with E-state index in [1.54, 1.807) is 33.6 Å². The molecule has 1 fully saturated rings. The quantitative estimate of drug-likeness (QED) is 0.503. The molecule has 30 heavy (non-hydrogen) atoms. The third-order valence-electron chi connectivity index (χ3n) is 5.58. The Morgan fingerprint density at radius 2 is 1.83 bits per heavy atom. The van der Waals surface area contributed by atoms with Crippen molar-refractivity contribution < 1.29 is 14.2 Å². The van der Waals surface area contributed by atoms with Gasteiger partial charge in [0.1, 0.15) is 22.5 Å². The lowest BCUT2D eigenvalue weighted by Gasteiger charge is -2.22. The van der Waals surface area contributed by atoms with Crippen LogP contribution in [0.3, 0.4) is 0 Å². The van der Waals surface area contributed by atoms with Gasteiger partial charge in [0, 0.05) is 54.4 Å². The van der Waals surface area contributed by atoms with Crippen molar-refractivity contribution in [3.8, 4) is 22.8 Å². The Balaban J connectivity index is 1.97. The summed E-state index contributed by atoms with van der Waals surface area (Å²) < 4.78 is 16.6. The van der Waals surface area contributed by atoms with Crippen LogP contribution < -0.4 is 14.4 Å². The van der Waals surface area contributed by atoms with Crippen LogP contribution in [0.4, 0.5) is 5.82 Å². The van der Waals surface area contributed by atoms with Gasteiger partial charge in [-0.1, -0.05) is 23.2 Å². The summed E-state index contributed by atoms with van der Waals surface area (Å²) in [6, 6.07) is 5.61. The molecular weight excluding hydrogens is 425 g/mol. The molecule has 1 saturated heterocycles. The second kappa shape index (κ2) is 8.46. The Labute approximate surface area is 185 Å². The van der Waals surface area contributed by atoms with Crippen LogP contribution >= 0.6 is 23.2 Å². The average molecular weight is 448 g/mol. The second-order valence-corrected chi connectivity index (χ2v) is 8.01. The van der Waals surface area contributed by atoms with Gasteiger partial charge in [0.25, 0.3) is 0 Å². The molecular formula is C22H23Cl2N3O3. The van der Waals surface area contributed by atoms with E-state index in [9.17, 15) is 0 Å². The molecule has 1 aliphatic rings. The van der Waals surface area contributed by atoms with Crippen molar-refractivity contribution in [2.24, 2.45) is 0 Å². The van der Waals surface area contributed by atoms with Gasteiger partial charge in [-0.25, -0.2) is 9.97 Å². The van der Waals surface area contributed by atoms with Crippen LogP contribution in [-0.2, 0) is 4.74 Å². The topological polar surface area (TPSA) is 56.7 Å². The average Bonchev–Trinajstić information content (AvgIpc) is 3.23. The van der Waals surface area contributed by atoms with Crippen LogP contribution in [0.15, 0.2) is 24.4 Å². The van der Waals surface area contributed by atoms with Crippen molar-refractivity contribution in [3.63, 3.8) is 0 Å². The minimum Gasteiger partial charge on any atom is -0.496 e. The third kappa shape index (κ3) is 3.64. The van der Waals surface area contributed by atoms with Crippen LogP contribution in [0.2, 0.25) is 10.2 Å². The molecule has 2 aromatic heterocycles.